The maximum atomic E-state index is 12.7. The van der Waals surface area contributed by atoms with Crippen LogP contribution in [-0.4, -0.2) is 60.8 Å². The van der Waals surface area contributed by atoms with Crippen molar-refractivity contribution in [3.63, 3.8) is 0 Å². The van der Waals surface area contributed by atoms with Crippen molar-refractivity contribution in [1.82, 2.24) is 9.88 Å². The Morgan fingerprint density at radius 1 is 1.07 bits per heavy atom. The fourth-order valence-corrected chi connectivity index (χ4v) is 6.20. The van der Waals surface area contributed by atoms with E-state index in [-0.39, 0.29) is 12.1 Å². The largest absolute Gasteiger partial charge is 0.488 e. The Morgan fingerprint density at radius 3 is 2.62 bits per heavy atom. The van der Waals surface area contributed by atoms with Crippen LogP contribution in [0.3, 0.4) is 0 Å². The molecule has 2 aliphatic rings. The van der Waals surface area contributed by atoms with Crippen molar-refractivity contribution < 1.29 is 23.8 Å². The predicted molar refractivity (Wildman–Crippen MR) is 165 cm³/mol. The van der Waals surface area contributed by atoms with Gasteiger partial charge in [-0.25, -0.2) is 14.6 Å². The normalized spacial score (nSPS) is 15.1. The van der Waals surface area contributed by atoms with Gasteiger partial charge in [-0.05, 0) is 81.8 Å². The number of benzene rings is 2. The van der Waals surface area contributed by atoms with Gasteiger partial charge in [-0.1, -0.05) is 29.8 Å². The van der Waals surface area contributed by atoms with Crippen LogP contribution in [0.5, 0.6) is 5.75 Å². The summed E-state index contributed by atoms with van der Waals surface area (Å²) in [7, 11) is 1.40. The number of amides is 1. The van der Waals surface area contributed by atoms with Gasteiger partial charge < -0.3 is 24.0 Å². The molecule has 222 valence electrons. The van der Waals surface area contributed by atoms with E-state index in [0.29, 0.717) is 38.4 Å². The van der Waals surface area contributed by atoms with Crippen LogP contribution in [0.2, 0.25) is 0 Å². The Morgan fingerprint density at radius 2 is 1.86 bits per heavy atom. The summed E-state index contributed by atoms with van der Waals surface area (Å²) in [5, 5.41) is 2.89. The highest BCUT2D eigenvalue weighted by Crippen LogP contribution is 2.36. The summed E-state index contributed by atoms with van der Waals surface area (Å²) in [5.74, 6) is 0.481. The number of methoxy groups -OCH3 is 1. The number of fused-ring (bicyclic) bond motifs is 1. The first-order valence-corrected chi connectivity index (χ1v) is 15.2. The van der Waals surface area contributed by atoms with Crippen molar-refractivity contribution in [2.75, 3.05) is 38.2 Å². The van der Waals surface area contributed by atoms with Crippen LogP contribution in [0.4, 0.5) is 9.93 Å². The Labute approximate surface area is 251 Å². The van der Waals surface area contributed by atoms with Crippen LogP contribution in [-0.2, 0) is 33.7 Å². The third-order valence-electron chi connectivity index (χ3n) is 7.67. The third-order valence-corrected chi connectivity index (χ3v) is 8.57. The van der Waals surface area contributed by atoms with Gasteiger partial charge in [0.2, 0.25) is 0 Å². The second-order valence-electron chi connectivity index (χ2n) is 11.9. The van der Waals surface area contributed by atoms with Crippen molar-refractivity contribution in [3.8, 4) is 17.0 Å². The molecule has 0 saturated carbocycles. The van der Waals surface area contributed by atoms with E-state index < -0.39 is 5.60 Å². The fourth-order valence-electron chi connectivity index (χ4n) is 5.36. The number of nitrogens with zero attached hydrogens (tertiary/aromatic N) is 3. The summed E-state index contributed by atoms with van der Waals surface area (Å²) >= 11 is 1.55. The number of aromatic nitrogens is 1. The lowest BCUT2D eigenvalue weighted by molar-refractivity contribution is -0.136. The molecule has 5 rings (SSSR count). The Hall–Kier alpha value is -3.85. The second kappa shape index (κ2) is 12.2. The van der Waals surface area contributed by atoms with Crippen LogP contribution in [0.1, 0.15) is 48.6 Å². The van der Waals surface area contributed by atoms with Gasteiger partial charge in [-0.3, -0.25) is 0 Å². The smallest absolute Gasteiger partial charge is 0.410 e. The first-order chi connectivity index (χ1) is 20.0. The summed E-state index contributed by atoms with van der Waals surface area (Å²) in [4.78, 5) is 33.4. The first-order valence-electron chi connectivity index (χ1n) is 14.3. The van der Waals surface area contributed by atoms with Crippen molar-refractivity contribution in [1.29, 1.82) is 0 Å². The number of ether oxygens (including phenoxy) is 3. The van der Waals surface area contributed by atoms with Gasteiger partial charge in [0.15, 0.2) is 5.13 Å². The summed E-state index contributed by atoms with van der Waals surface area (Å²) in [6.07, 6.45) is 3.23. The number of aryl methyl sites for hydroxylation is 1. The van der Waals surface area contributed by atoms with E-state index in [1.807, 2.05) is 49.3 Å². The van der Waals surface area contributed by atoms with Crippen molar-refractivity contribution in [2.45, 2.75) is 59.7 Å². The highest BCUT2D eigenvalue weighted by molar-refractivity contribution is 7.14. The Bertz CT molecular complexity index is 1520. The number of esters is 1. The number of anilines is 1. The molecule has 3 aromatic rings. The molecule has 42 heavy (non-hydrogen) atoms. The van der Waals surface area contributed by atoms with Gasteiger partial charge in [0.25, 0.3) is 0 Å². The van der Waals surface area contributed by atoms with Gasteiger partial charge >= 0.3 is 12.1 Å². The molecule has 0 saturated heterocycles. The molecule has 1 amide bonds. The zero-order chi connectivity index (χ0) is 30.0. The number of thiazole rings is 1. The van der Waals surface area contributed by atoms with E-state index in [9.17, 15) is 9.59 Å². The van der Waals surface area contributed by atoms with E-state index >= 15 is 0 Å². The molecule has 0 aliphatic carbocycles. The van der Waals surface area contributed by atoms with Crippen LogP contribution in [0, 0.1) is 13.8 Å². The number of hydrogen-bond acceptors (Lipinski definition) is 8. The molecule has 0 fully saturated rings. The van der Waals surface area contributed by atoms with Gasteiger partial charge in [-0.2, -0.15) is 0 Å². The zero-order valence-electron chi connectivity index (χ0n) is 25.3. The zero-order valence-corrected chi connectivity index (χ0v) is 26.1. The average Bonchev–Trinajstić information content (AvgIpc) is 3.58. The molecule has 0 unspecified atom stereocenters. The van der Waals surface area contributed by atoms with Crippen LogP contribution < -0.4 is 9.64 Å². The highest BCUT2D eigenvalue weighted by atomic mass is 32.1. The van der Waals surface area contributed by atoms with Gasteiger partial charge in [0.1, 0.15) is 18.0 Å². The maximum absolute atomic E-state index is 12.7. The lowest BCUT2D eigenvalue weighted by Gasteiger charge is -2.26. The quantitative estimate of drug-likeness (QED) is 0.314. The molecule has 0 spiro atoms. The molecule has 0 atom stereocenters. The molecule has 2 aromatic carbocycles. The molecular weight excluding hydrogens is 550 g/mol. The van der Waals surface area contributed by atoms with Gasteiger partial charge in [0, 0.05) is 30.6 Å². The van der Waals surface area contributed by atoms with E-state index in [4.69, 9.17) is 19.2 Å². The Kier molecular flexibility index (Phi) is 8.59. The minimum atomic E-state index is -0.509. The molecule has 9 heteroatoms. The summed E-state index contributed by atoms with van der Waals surface area (Å²) in [5.41, 5.74) is 7.97. The first kappa shape index (κ1) is 29.6. The molecular formula is C33H39N3O5S. The lowest BCUT2D eigenvalue weighted by Crippen LogP contribution is -2.38. The number of rotatable bonds is 6. The van der Waals surface area contributed by atoms with Crippen LogP contribution in [0.25, 0.3) is 11.3 Å². The van der Waals surface area contributed by atoms with Crippen molar-refractivity contribution in [3.05, 3.63) is 75.2 Å². The van der Waals surface area contributed by atoms with E-state index in [0.717, 1.165) is 46.1 Å². The van der Waals surface area contributed by atoms with Gasteiger partial charge in [0.05, 0.1) is 24.9 Å². The van der Waals surface area contributed by atoms with Crippen molar-refractivity contribution in [2.24, 2.45) is 0 Å². The SMILES string of the molecule is COC(=O)C1=CCN(c2nc(-c3cc(C)ccc3OCc3ccc4c(c3C)CCN(C(=O)OC(C)(C)C)CC4)cs2)C1. The van der Waals surface area contributed by atoms with Gasteiger partial charge in [-0.15, -0.1) is 11.3 Å². The molecule has 0 bridgehead atoms. The summed E-state index contributed by atoms with van der Waals surface area (Å²) < 4.78 is 16.9. The molecule has 2 aliphatic heterocycles. The monoisotopic (exact) mass is 589 g/mol. The third kappa shape index (κ3) is 6.62. The molecule has 0 N–H and O–H groups in total. The maximum Gasteiger partial charge on any atom is 0.410 e. The lowest BCUT2D eigenvalue weighted by atomic mass is 9.94. The molecule has 8 nitrogen and oxygen atoms in total. The predicted octanol–water partition coefficient (Wildman–Crippen LogP) is 6.26. The number of carbonyl (C=O) groups is 2. The topological polar surface area (TPSA) is 81.2 Å². The summed E-state index contributed by atoms with van der Waals surface area (Å²) in [6, 6.07) is 10.5. The average molecular weight is 590 g/mol. The minimum absolute atomic E-state index is 0.251. The Balaban J connectivity index is 1.29. The number of hydrogen-bond donors (Lipinski definition) is 0. The van der Waals surface area contributed by atoms with Crippen molar-refractivity contribution >= 4 is 28.5 Å². The van der Waals surface area contributed by atoms with E-state index in [1.165, 1.54) is 23.8 Å². The van der Waals surface area contributed by atoms with Crippen LogP contribution in [0.15, 0.2) is 47.4 Å². The fraction of sp³-hybridized carbons (Fsp3) is 0.424. The number of carbonyl (C=O) groups excluding carboxylic acids is 2. The second-order valence-corrected chi connectivity index (χ2v) is 12.7. The molecule has 3 heterocycles. The minimum Gasteiger partial charge on any atom is -0.488 e. The standard InChI is InChI=1S/C33H39N3O5S/c1-21-7-10-29(27(17-21)28-20-42-31(34-28)36-15-12-24(18-36)30(37)39-6)40-19-25-9-8-23-11-14-35(16-13-26(23)22(25)2)32(38)41-33(3,4)5/h7-10,12,17,20H,11,13-16,18-19H2,1-6H3. The van der Waals surface area contributed by atoms with E-state index in [2.05, 4.69) is 36.9 Å². The van der Waals surface area contributed by atoms with E-state index in [1.54, 1.807) is 11.3 Å². The molecule has 0 radical (unpaired) electrons. The summed E-state index contributed by atoms with van der Waals surface area (Å²) in [6.45, 7) is 12.7. The highest BCUT2D eigenvalue weighted by Gasteiger charge is 2.26. The van der Waals surface area contributed by atoms with Crippen LogP contribution >= 0.6 is 11.3 Å². The molecule has 1 aromatic heterocycles.